The highest BCUT2D eigenvalue weighted by Crippen LogP contribution is 2.46. The molecule has 1 aromatic rings. The van der Waals surface area contributed by atoms with Crippen LogP contribution in [0.25, 0.3) is 0 Å². The molecule has 0 bridgehead atoms. The van der Waals surface area contributed by atoms with Crippen LogP contribution in [-0.2, 0) is 0 Å². The lowest BCUT2D eigenvalue weighted by atomic mass is 9.66. The van der Waals surface area contributed by atoms with E-state index in [-0.39, 0.29) is 0 Å². The Balaban J connectivity index is 2.25. The van der Waals surface area contributed by atoms with E-state index in [1.165, 1.54) is 25.7 Å². The first kappa shape index (κ1) is 15.5. The maximum Gasteiger partial charge on any atom is 0.147 e. The molecule has 2 N–H and O–H groups in total. The number of nitrogens with zero attached hydrogens (tertiary/aromatic N) is 3. The molecule has 114 valence electrons. The summed E-state index contributed by atoms with van der Waals surface area (Å²) in [7, 11) is 0. The van der Waals surface area contributed by atoms with Gasteiger partial charge in [0.15, 0.2) is 0 Å². The fraction of sp³-hybridized carbons (Fsp3) is 0.875. The fourth-order valence-corrected chi connectivity index (χ4v) is 3.63. The lowest BCUT2D eigenvalue weighted by molar-refractivity contribution is 0.0838. The molecule has 1 aromatic heterocycles. The van der Waals surface area contributed by atoms with Gasteiger partial charge in [0.25, 0.3) is 0 Å². The van der Waals surface area contributed by atoms with Gasteiger partial charge >= 0.3 is 0 Å². The summed E-state index contributed by atoms with van der Waals surface area (Å²) in [6, 6.07) is 0.422. The maximum atomic E-state index is 6.01. The summed E-state index contributed by atoms with van der Waals surface area (Å²) < 4.78 is 2.14. The highest BCUT2D eigenvalue weighted by atomic mass is 15.4. The molecule has 1 aliphatic rings. The van der Waals surface area contributed by atoms with Crippen molar-refractivity contribution in [2.45, 2.75) is 66.3 Å². The van der Waals surface area contributed by atoms with E-state index in [4.69, 9.17) is 5.73 Å². The van der Waals surface area contributed by atoms with E-state index in [9.17, 15) is 0 Å². The zero-order valence-electron chi connectivity index (χ0n) is 13.7. The Kier molecular flexibility index (Phi) is 4.52. The van der Waals surface area contributed by atoms with Gasteiger partial charge < -0.3 is 5.73 Å². The summed E-state index contributed by atoms with van der Waals surface area (Å²) in [6.45, 7) is 11.9. The number of rotatable bonds is 4. The van der Waals surface area contributed by atoms with Crippen molar-refractivity contribution in [2.24, 2.45) is 23.0 Å². The topological polar surface area (TPSA) is 56.7 Å². The SMILES string of the molecule is CCC(C)(C)C1CCC(CN)C(n2nc(C)nc2C)C1. The van der Waals surface area contributed by atoms with Crippen molar-refractivity contribution in [2.75, 3.05) is 6.54 Å². The molecule has 3 unspecified atom stereocenters. The van der Waals surface area contributed by atoms with Gasteiger partial charge in [-0.3, -0.25) is 0 Å². The Hall–Kier alpha value is -0.900. The Labute approximate surface area is 123 Å². The van der Waals surface area contributed by atoms with E-state index in [0.29, 0.717) is 17.4 Å². The molecule has 1 heterocycles. The van der Waals surface area contributed by atoms with Crippen molar-refractivity contribution in [1.29, 1.82) is 0 Å². The predicted octanol–water partition coefficient (Wildman–Crippen LogP) is 3.25. The summed E-state index contributed by atoms with van der Waals surface area (Å²) >= 11 is 0. The summed E-state index contributed by atoms with van der Waals surface area (Å²) in [5.41, 5.74) is 6.42. The fourth-order valence-electron chi connectivity index (χ4n) is 3.63. The molecule has 2 rings (SSSR count). The van der Waals surface area contributed by atoms with Gasteiger partial charge in [0, 0.05) is 0 Å². The minimum atomic E-state index is 0.404. The largest absolute Gasteiger partial charge is 0.330 e. The molecule has 0 aromatic carbocycles. The zero-order valence-corrected chi connectivity index (χ0v) is 13.7. The minimum absolute atomic E-state index is 0.404. The van der Waals surface area contributed by atoms with Crippen molar-refractivity contribution in [1.82, 2.24) is 14.8 Å². The van der Waals surface area contributed by atoms with Crippen LogP contribution in [0.5, 0.6) is 0 Å². The smallest absolute Gasteiger partial charge is 0.147 e. The van der Waals surface area contributed by atoms with E-state index < -0.39 is 0 Å². The van der Waals surface area contributed by atoms with E-state index >= 15 is 0 Å². The molecular weight excluding hydrogens is 248 g/mol. The summed E-state index contributed by atoms with van der Waals surface area (Å²) in [4.78, 5) is 4.47. The third kappa shape index (κ3) is 2.90. The summed E-state index contributed by atoms with van der Waals surface area (Å²) in [5.74, 6) is 3.19. The number of hydrogen-bond acceptors (Lipinski definition) is 3. The van der Waals surface area contributed by atoms with Crippen LogP contribution in [0.2, 0.25) is 0 Å². The molecule has 20 heavy (non-hydrogen) atoms. The zero-order chi connectivity index (χ0) is 14.9. The van der Waals surface area contributed by atoms with Crippen LogP contribution in [0, 0.1) is 31.1 Å². The second-order valence-electron chi connectivity index (χ2n) is 7.07. The summed E-state index contributed by atoms with van der Waals surface area (Å²) in [5, 5.41) is 4.62. The van der Waals surface area contributed by atoms with Gasteiger partial charge in [0.1, 0.15) is 11.6 Å². The first-order valence-electron chi connectivity index (χ1n) is 7.98. The van der Waals surface area contributed by atoms with Crippen LogP contribution in [0.3, 0.4) is 0 Å². The second-order valence-corrected chi connectivity index (χ2v) is 7.07. The summed E-state index contributed by atoms with van der Waals surface area (Å²) in [6.07, 6.45) is 4.93. The van der Waals surface area contributed by atoms with E-state index in [1.807, 2.05) is 6.92 Å². The second kappa shape index (κ2) is 5.84. The molecule has 0 amide bonds. The highest BCUT2D eigenvalue weighted by molar-refractivity contribution is 4.96. The average molecular weight is 278 g/mol. The monoisotopic (exact) mass is 278 g/mol. The Morgan fingerprint density at radius 3 is 2.50 bits per heavy atom. The molecule has 1 saturated carbocycles. The number of aromatic nitrogens is 3. The van der Waals surface area contributed by atoms with E-state index in [1.54, 1.807) is 0 Å². The van der Waals surface area contributed by atoms with E-state index in [0.717, 1.165) is 24.1 Å². The van der Waals surface area contributed by atoms with Crippen LogP contribution in [0.4, 0.5) is 0 Å². The quantitative estimate of drug-likeness (QED) is 0.919. The highest BCUT2D eigenvalue weighted by Gasteiger charge is 2.38. The van der Waals surface area contributed by atoms with Crippen LogP contribution in [0.15, 0.2) is 0 Å². The molecule has 4 nitrogen and oxygen atoms in total. The Morgan fingerprint density at radius 2 is 2.00 bits per heavy atom. The molecule has 0 aliphatic heterocycles. The molecule has 1 fully saturated rings. The van der Waals surface area contributed by atoms with Crippen molar-refractivity contribution >= 4 is 0 Å². The van der Waals surface area contributed by atoms with Crippen molar-refractivity contribution in [3.63, 3.8) is 0 Å². The Bertz CT molecular complexity index is 449. The standard InChI is InChI=1S/C16H30N4/c1-6-16(4,5)14-8-7-13(10-17)15(9-14)20-12(3)18-11(2)19-20/h13-15H,6-10,17H2,1-5H3. The first-order valence-corrected chi connectivity index (χ1v) is 7.98. The lowest BCUT2D eigenvalue weighted by Gasteiger charge is -2.43. The van der Waals surface area contributed by atoms with Gasteiger partial charge in [-0.05, 0) is 56.9 Å². The van der Waals surface area contributed by atoms with Gasteiger partial charge in [-0.2, -0.15) is 5.10 Å². The molecular formula is C16H30N4. The number of aryl methyl sites for hydroxylation is 2. The maximum absolute atomic E-state index is 6.01. The normalized spacial score (nSPS) is 27.8. The number of nitrogens with two attached hydrogens (primary N) is 1. The van der Waals surface area contributed by atoms with Gasteiger partial charge in [-0.1, -0.05) is 27.2 Å². The van der Waals surface area contributed by atoms with Crippen molar-refractivity contribution in [3.05, 3.63) is 11.6 Å². The van der Waals surface area contributed by atoms with Crippen LogP contribution < -0.4 is 5.73 Å². The molecule has 0 spiro atoms. The molecule has 0 saturated heterocycles. The average Bonchev–Trinajstić information content (AvgIpc) is 2.76. The van der Waals surface area contributed by atoms with Gasteiger partial charge in [0.2, 0.25) is 0 Å². The molecule has 4 heteroatoms. The van der Waals surface area contributed by atoms with Crippen LogP contribution >= 0.6 is 0 Å². The molecule has 1 aliphatic carbocycles. The Morgan fingerprint density at radius 1 is 1.30 bits per heavy atom. The number of hydrogen-bond donors (Lipinski definition) is 1. The third-order valence-electron chi connectivity index (χ3n) is 5.50. The third-order valence-corrected chi connectivity index (χ3v) is 5.50. The predicted molar refractivity (Wildman–Crippen MR) is 82.5 cm³/mol. The molecule has 3 atom stereocenters. The van der Waals surface area contributed by atoms with Gasteiger partial charge in [-0.15, -0.1) is 0 Å². The van der Waals surface area contributed by atoms with Crippen molar-refractivity contribution < 1.29 is 0 Å². The van der Waals surface area contributed by atoms with Gasteiger partial charge in [0.05, 0.1) is 6.04 Å². The van der Waals surface area contributed by atoms with Gasteiger partial charge in [-0.25, -0.2) is 9.67 Å². The van der Waals surface area contributed by atoms with Crippen molar-refractivity contribution in [3.8, 4) is 0 Å². The lowest BCUT2D eigenvalue weighted by Crippen LogP contribution is -2.38. The van der Waals surface area contributed by atoms with E-state index in [2.05, 4.69) is 42.5 Å². The van der Waals surface area contributed by atoms with Crippen LogP contribution in [-0.4, -0.2) is 21.3 Å². The molecule has 0 radical (unpaired) electrons. The minimum Gasteiger partial charge on any atom is -0.330 e. The van der Waals surface area contributed by atoms with Crippen LogP contribution in [0.1, 0.15) is 64.1 Å². The first-order chi connectivity index (χ1) is 9.39.